The van der Waals surface area contributed by atoms with Crippen molar-refractivity contribution in [1.82, 2.24) is 15.3 Å². The minimum atomic E-state index is 0.236. The molecule has 0 aliphatic heterocycles. The minimum Gasteiger partial charge on any atom is -0.492 e. The van der Waals surface area contributed by atoms with E-state index in [0.717, 1.165) is 30.7 Å². The third-order valence-electron chi connectivity index (χ3n) is 3.28. The Morgan fingerprint density at radius 3 is 2.67 bits per heavy atom. The monoisotopic (exact) mass is 285 g/mol. The lowest BCUT2D eigenvalue weighted by Gasteiger charge is -2.19. The molecule has 0 radical (unpaired) electrons. The second kappa shape index (κ2) is 8.37. The highest BCUT2D eigenvalue weighted by atomic mass is 16.5. The van der Waals surface area contributed by atoms with Crippen LogP contribution in [0.25, 0.3) is 0 Å². The predicted molar refractivity (Wildman–Crippen MR) is 84.4 cm³/mol. The zero-order valence-corrected chi connectivity index (χ0v) is 12.7. The van der Waals surface area contributed by atoms with E-state index in [9.17, 15) is 0 Å². The van der Waals surface area contributed by atoms with Gasteiger partial charge in [0.1, 0.15) is 5.75 Å². The maximum atomic E-state index is 5.55. The number of rotatable bonds is 8. The van der Waals surface area contributed by atoms with Crippen molar-refractivity contribution in [2.75, 3.05) is 13.2 Å². The lowest BCUT2D eigenvalue weighted by molar-refractivity contribution is 0.337. The van der Waals surface area contributed by atoms with E-state index in [1.54, 1.807) is 6.20 Å². The van der Waals surface area contributed by atoms with Crippen LogP contribution in [-0.4, -0.2) is 23.1 Å². The highest BCUT2D eigenvalue weighted by molar-refractivity contribution is 5.27. The van der Waals surface area contributed by atoms with Gasteiger partial charge in [0.15, 0.2) is 0 Å². The number of hydrogen-bond acceptors (Lipinski definition) is 4. The van der Waals surface area contributed by atoms with Crippen LogP contribution in [0.15, 0.2) is 43.0 Å². The number of nitrogens with one attached hydrogen (secondary N) is 1. The Morgan fingerprint density at radius 2 is 1.95 bits per heavy atom. The van der Waals surface area contributed by atoms with Gasteiger partial charge in [0.2, 0.25) is 0 Å². The van der Waals surface area contributed by atoms with E-state index < -0.39 is 0 Å². The molecule has 0 spiro atoms. The smallest absolute Gasteiger partial charge is 0.137 e. The van der Waals surface area contributed by atoms with Crippen molar-refractivity contribution in [1.29, 1.82) is 0 Å². The molecule has 0 fully saturated rings. The Balaban J connectivity index is 2.16. The van der Waals surface area contributed by atoms with E-state index in [1.165, 1.54) is 5.56 Å². The van der Waals surface area contributed by atoms with Crippen LogP contribution in [-0.2, 0) is 6.42 Å². The third kappa shape index (κ3) is 4.83. The SMILES string of the molecule is CCCNC(Cc1ccncc1)c1cncc(OCC)c1. The summed E-state index contributed by atoms with van der Waals surface area (Å²) in [6.45, 7) is 5.79. The number of nitrogens with zero attached hydrogens (tertiary/aromatic N) is 2. The summed E-state index contributed by atoms with van der Waals surface area (Å²) in [6.07, 6.45) is 9.36. The van der Waals surface area contributed by atoms with Crippen LogP contribution in [0.3, 0.4) is 0 Å². The summed E-state index contributed by atoms with van der Waals surface area (Å²) >= 11 is 0. The molecule has 0 amide bonds. The van der Waals surface area contributed by atoms with Crippen LogP contribution in [0.2, 0.25) is 0 Å². The van der Waals surface area contributed by atoms with Crippen molar-refractivity contribution in [3.05, 3.63) is 54.1 Å². The molecule has 0 saturated carbocycles. The first kappa shape index (κ1) is 15.4. The van der Waals surface area contributed by atoms with Crippen LogP contribution >= 0.6 is 0 Å². The van der Waals surface area contributed by atoms with Gasteiger partial charge in [-0.3, -0.25) is 9.97 Å². The first-order chi connectivity index (χ1) is 10.3. The highest BCUT2D eigenvalue weighted by Gasteiger charge is 2.13. The molecule has 0 bridgehead atoms. The molecule has 0 aromatic carbocycles. The fraction of sp³-hybridized carbons (Fsp3) is 0.412. The van der Waals surface area contributed by atoms with Crippen molar-refractivity contribution in [3.8, 4) is 5.75 Å². The molecule has 1 atom stereocenters. The van der Waals surface area contributed by atoms with Gasteiger partial charge in [0.25, 0.3) is 0 Å². The van der Waals surface area contributed by atoms with Gasteiger partial charge in [-0.15, -0.1) is 0 Å². The molecule has 2 heterocycles. The number of pyridine rings is 2. The maximum absolute atomic E-state index is 5.55. The quantitative estimate of drug-likeness (QED) is 0.809. The second-order valence-corrected chi connectivity index (χ2v) is 4.95. The van der Waals surface area contributed by atoms with Gasteiger partial charge in [-0.25, -0.2) is 0 Å². The molecule has 2 aromatic heterocycles. The molecule has 4 nitrogen and oxygen atoms in total. The lowest BCUT2D eigenvalue weighted by atomic mass is 10.0. The summed E-state index contributed by atoms with van der Waals surface area (Å²) in [6, 6.07) is 6.42. The molecule has 0 saturated heterocycles. The van der Waals surface area contributed by atoms with Crippen molar-refractivity contribution in [2.24, 2.45) is 0 Å². The van der Waals surface area contributed by atoms with Crippen LogP contribution in [0.4, 0.5) is 0 Å². The fourth-order valence-electron chi connectivity index (χ4n) is 2.25. The van der Waals surface area contributed by atoms with Crippen molar-refractivity contribution < 1.29 is 4.74 Å². The van der Waals surface area contributed by atoms with Gasteiger partial charge < -0.3 is 10.1 Å². The van der Waals surface area contributed by atoms with Gasteiger partial charge in [0.05, 0.1) is 12.8 Å². The Morgan fingerprint density at radius 1 is 1.14 bits per heavy atom. The minimum absolute atomic E-state index is 0.236. The van der Waals surface area contributed by atoms with Crippen molar-refractivity contribution >= 4 is 0 Å². The lowest BCUT2D eigenvalue weighted by Crippen LogP contribution is -2.24. The van der Waals surface area contributed by atoms with E-state index >= 15 is 0 Å². The normalized spacial score (nSPS) is 12.1. The Kier molecular flexibility index (Phi) is 6.16. The van der Waals surface area contributed by atoms with Gasteiger partial charge in [0, 0.05) is 24.6 Å². The van der Waals surface area contributed by atoms with E-state index in [1.807, 2.05) is 25.5 Å². The molecule has 0 aliphatic carbocycles. The third-order valence-corrected chi connectivity index (χ3v) is 3.28. The molecule has 4 heteroatoms. The highest BCUT2D eigenvalue weighted by Crippen LogP contribution is 2.21. The number of ether oxygens (including phenoxy) is 1. The predicted octanol–water partition coefficient (Wildman–Crippen LogP) is 3.16. The molecular weight excluding hydrogens is 262 g/mol. The largest absolute Gasteiger partial charge is 0.492 e. The van der Waals surface area contributed by atoms with Crippen LogP contribution in [0, 0.1) is 0 Å². The first-order valence-corrected chi connectivity index (χ1v) is 7.53. The molecular formula is C17H23N3O. The maximum Gasteiger partial charge on any atom is 0.137 e. The van der Waals surface area contributed by atoms with Gasteiger partial charge in [-0.05, 0) is 55.6 Å². The molecule has 21 heavy (non-hydrogen) atoms. The Labute approximate surface area is 126 Å². The topological polar surface area (TPSA) is 47.0 Å². The van der Waals surface area contributed by atoms with Crippen molar-refractivity contribution in [3.63, 3.8) is 0 Å². The summed E-state index contributed by atoms with van der Waals surface area (Å²) in [4.78, 5) is 8.37. The second-order valence-electron chi connectivity index (χ2n) is 4.95. The summed E-state index contributed by atoms with van der Waals surface area (Å²) in [5, 5.41) is 3.59. The average molecular weight is 285 g/mol. The summed E-state index contributed by atoms with van der Waals surface area (Å²) < 4.78 is 5.55. The van der Waals surface area contributed by atoms with Crippen LogP contribution < -0.4 is 10.1 Å². The number of hydrogen-bond donors (Lipinski definition) is 1. The Hall–Kier alpha value is -1.94. The summed E-state index contributed by atoms with van der Waals surface area (Å²) in [5.74, 6) is 0.827. The molecule has 2 aromatic rings. The Bertz CT molecular complexity index is 531. The zero-order valence-electron chi connectivity index (χ0n) is 12.7. The molecule has 112 valence electrons. The summed E-state index contributed by atoms with van der Waals surface area (Å²) in [5.41, 5.74) is 2.42. The molecule has 1 N–H and O–H groups in total. The van der Waals surface area contributed by atoms with Gasteiger partial charge in [-0.1, -0.05) is 6.92 Å². The first-order valence-electron chi connectivity index (χ1n) is 7.53. The van der Waals surface area contributed by atoms with E-state index in [0.29, 0.717) is 6.61 Å². The van der Waals surface area contributed by atoms with E-state index in [-0.39, 0.29) is 6.04 Å². The summed E-state index contributed by atoms with van der Waals surface area (Å²) in [7, 11) is 0. The van der Waals surface area contributed by atoms with Crippen LogP contribution in [0.1, 0.15) is 37.4 Å². The van der Waals surface area contributed by atoms with Gasteiger partial charge in [-0.2, -0.15) is 0 Å². The molecule has 2 rings (SSSR count). The zero-order chi connectivity index (χ0) is 14.9. The number of aromatic nitrogens is 2. The fourth-order valence-corrected chi connectivity index (χ4v) is 2.25. The average Bonchev–Trinajstić information content (AvgIpc) is 2.53. The van der Waals surface area contributed by atoms with Crippen LogP contribution in [0.5, 0.6) is 5.75 Å². The standard InChI is InChI=1S/C17H23N3O/c1-3-7-20-17(10-14-5-8-18-9-6-14)15-11-16(21-4-2)13-19-12-15/h5-6,8-9,11-13,17,20H,3-4,7,10H2,1-2H3. The molecule has 0 aliphatic rings. The van der Waals surface area contributed by atoms with E-state index in [2.05, 4.69) is 40.4 Å². The van der Waals surface area contributed by atoms with Gasteiger partial charge >= 0.3 is 0 Å². The molecule has 1 unspecified atom stereocenters. The van der Waals surface area contributed by atoms with E-state index in [4.69, 9.17) is 4.74 Å². The van der Waals surface area contributed by atoms with Crippen molar-refractivity contribution in [2.45, 2.75) is 32.7 Å².